The van der Waals surface area contributed by atoms with E-state index in [1.54, 1.807) is 18.2 Å². The van der Waals surface area contributed by atoms with Crippen molar-refractivity contribution in [1.82, 2.24) is 0 Å². The Balaban J connectivity index is 2.10. The molecular formula is C12H15NO4. The second-order valence-electron chi connectivity index (χ2n) is 4.29. The number of para-hydroxylation sites is 2. The first-order valence-electron chi connectivity index (χ1n) is 5.75. The number of aliphatic hydroxyl groups is 1. The van der Waals surface area contributed by atoms with E-state index in [-0.39, 0.29) is 23.6 Å². The van der Waals surface area contributed by atoms with Crippen LogP contribution >= 0.6 is 0 Å². The highest BCUT2D eigenvalue weighted by Gasteiger charge is 2.24. The minimum atomic E-state index is -0.450. The average Bonchev–Trinajstić information content (AvgIpc) is 2.29. The molecule has 1 N–H and O–H groups in total. The van der Waals surface area contributed by atoms with E-state index in [1.165, 1.54) is 6.07 Å². The molecule has 92 valence electrons. The summed E-state index contributed by atoms with van der Waals surface area (Å²) in [6.45, 7) is 0. The predicted molar refractivity (Wildman–Crippen MR) is 62.0 cm³/mol. The fourth-order valence-electron chi connectivity index (χ4n) is 2.11. The van der Waals surface area contributed by atoms with Gasteiger partial charge in [0, 0.05) is 12.5 Å². The normalized spacial score (nSPS) is 24.3. The van der Waals surface area contributed by atoms with Crippen molar-refractivity contribution >= 4 is 5.69 Å². The lowest BCUT2D eigenvalue weighted by molar-refractivity contribution is -0.386. The molecule has 0 saturated heterocycles. The third kappa shape index (κ3) is 2.94. The predicted octanol–water partition coefficient (Wildman–Crippen LogP) is 2.28. The van der Waals surface area contributed by atoms with E-state index in [1.807, 2.05) is 0 Å². The van der Waals surface area contributed by atoms with Crippen molar-refractivity contribution in [2.75, 3.05) is 0 Å². The number of aliphatic hydroxyl groups excluding tert-OH is 1. The second-order valence-corrected chi connectivity index (χ2v) is 4.29. The van der Waals surface area contributed by atoms with E-state index in [2.05, 4.69) is 0 Å². The molecule has 0 amide bonds. The van der Waals surface area contributed by atoms with Gasteiger partial charge in [0.1, 0.15) is 6.10 Å². The SMILES string of the molecule is O=[N+]([O-])c1ccccc1OC1CCCC(O)C1. The number of benzene rings is 1. The summed E-state index contributed by atoms with van der Waals surface area (Å²) in [6, 6.07) is 6.34. The summed E-state index contributed by atoms with van der Waals surface area (Å²) in [7, 11) is 0. The number of nitro groups is 1. The largest absolute Gasteiger partial charge is 0.483 e. The zero-order valence-electron chi connectivity index (χ0n) is 9.41. The van der Waals surface area contributed by atoms with Gasteiger partial charge in [-0.3, -0.25) is 10.1 Å². The van der Waals surface area contributed by atoms with Crippen molar-refractivity contribution in [1.29, 1.82) is 0 Å². The number of nitro benzene ring substituents is 1. The summed E-state index contributed by atoms with van der Waals surface area (Å²) in [6.07, 6.45) is 2.59. The molecule has 2 unspecified atom stereocenters. The van der Waals surface area contributed by atoms with Gasteiger partial charge >= 0.3 is 5.69 Å². The van der Waals surface area contributed by atoms with Crippen LogP contribution < -0.4 is 4.74 Å². The topological polar surface area (TPSA) is 72.6 Å². The van der Waals surface area contributed by atoms with Crippen LogP contribution in [-0.2, 0) is 0 Å². The molecule has 0 bridgehead atoms. The first-order valence-corrected chi connectivity index (χ1v) is 5.75. The molecule has 1 aromatic carbocycles. The van der Waals surface area contributed by atoms with Gasteiger partial charge in [0.25, 0.3) is 0 Å². The maximum Gasteiger partial charge on any atom is 0.310 e. The lowest BCUT2D eigenvalue weighted by Crippen LogP contribution is -2.28. The van der Waals surface area contributed by atoms with Gasteiger partial charge in [0.2, 0.25) is 0 Å². The quantitative estimate of drug-likeness (QED) is 0.646. The first-order chi connectivity index (χ1) is 8.16. The standard InChI is InChI=1S/C12H15NO4/c14-9-4-3-5-10(8-9)17-12-7-2-1-6-11(12)13(15)16/h1-2,6-7,9-10,14H,3-5,8H2. The van der Waals surface area contributed by atoms with Crippen LogP contribution in [0, 0.1) is 10.1 Å². The van der Waals surface area contributed by atoms with E-state index in [0.29, 0.717) is 6.42 Å². The molecule has 0 aliphatic heterocycles. The van der Waals surface area contributed by atoms with Gasteiger partial charge in [0.05, 0.1) is 11.0 Å². The molecule has 1 saturated carbocycles. The Morgan fingerprint density at radius 2 is 2.12 bits per heavy atom. The minimum Gasteiger partial charge on any atom is -0.483 e. The number of rotatable bonds is 3. The molecule has 2 atom stereocenters. The van der Waals surface area contributed by atoms with E-state index < -0.39 is 4.92 Å². The van der Waals surface area contributed by atoms with Gasteiger partial charge in [-0.2, -0.15) is 0 Å². The monoisotopic (exact) mass is 237 g/mol. The molecule has 1 aliphatic carbocycles. The molecule has 0 spiro atoms. The summed E-state index contributed by atoms with van der Waals surface area (Å²) in [4.78, 5) is 10.4. The van der Waals surface area contributed by atoms with E-state index in [4.69, 9.17) is 4.74 Å². The Bertz CT molecular complexity index is 407. The average molecular weight is 237 g/mol. The third-order valence-electron chi connectivity index (χ3n) is 2.95. The fraction of sp³-hybridized carbons (Fsp3) is 0.500. The molecule has 17 heavy (non-hydrogen) atoms. The van der Waals surface area contributed by atoms with Crippen LogP contribution in [0.1, 0.15) is 25.7 Å². The maximum atomic E-state index is 10.8. The summed E-state index contributed by atoms with van der Waals surface area (Å²) in [5.74, 6) is 0.289. The molecular weight excluding hydrogens is 222 g/mol. The summed E-state index contributed by atoms with van der Waals surface area (Å²) >= 11 is 0. The van der Waals surface area contributed by atoms with Crippen LogP contribution in [0.4, 0.5) is 5.69 Å². The molecule has 0 heterocycles. The summed E-state index contributed by atoms with van der Waals surface area (Å²) in [5, 5.41) is 20.3. The van der Waals surface area contributed by atoms with Crippen LogP contribution in [0.3, 0.4) is 0 Å². The number of ether oxygens (including phenoxy) is 1. The fourth-order valence-corrected chi connectivity index (χ4v) is 2.11. The van der Waals surface area contributed by atoms with Gasteiger partial charge in [0.15, 0.2) is 5.75 Å². The van der Waals surface area contributed by atoms with Gasteiger partial charge in [-0.05, 0) is 25.3 Å². The Kier molecular flexibility index (Phi) is 3.58. The molecule has 0 aromatic heterocycles. The molecule has 1 fully saturated rings. The van der Waals surface area contributed by atoms with Crippen molar-refractivity contribution in [2.45, 2.75) is 37.9 Å². The molecule has 1 aromatic rings. The first kappa shape index (κ1) is 11.9. The van der Waals surface area contributed by atoms with Gasteiger partial charge in [-0.15, -0.1) is 0 Å². The highest BCUT2D eigenvalue weighted by atomic mass is 16.6. The molecule has 0 radical (unpaired) electrons. The molecule has 5 heteroatoms. The zero-order valence-corrected chi connectivity index (χ0v) is 9.41. The Labute approximate surface area is 99.2 Å². The van der Waals surface area contributed by atoms with E-state index in [9.17, 15) is 15.2 Å². The van der Waals surface area contributed by atoms with Crippen LogP contribution in [0.5, 0.6) is 5.75 Å². The summed E-state index contributed by atoms with van der Waals surface area (Å²) < 4.78 is 5.62. The van der Waals surface area contributed by atoms with Gasteiger partial charge in [-0.25, -0.2) is 0 Å². The van der Waals surface area contributed by atoms with Crippen LogP contribution in [0.25, 0.3) is 0 Å². The Hall–Kier alpha value is -1.62. The minimum absolute atomic E-state index is 0.0208. The lowest BCUT2D eigenvalue weighted by atomic mass is 9.95. The number of hydrogen-bond acceptors (Lipinski definition) is 4. The third-order valence-corrected chi connectivity index (χ3v) is 2.95. The highest BCUT2D eigenvalue weighted by Crippen LogP contribution is 2.30. The van der Waals surface area contributed by atoms with Crippen LogP contribution in [0.2, 0.25) is 0 Å². The molecule has 5 nitrogen and oxygen atoms in total. The van der Waals surface area contributed by atoms with Crippen LogP contribution in [0.15, 0.2) is 24.3 Å². The lowest BCUT2D eigenvalue weighted by Gasteiger charge is -2.26. The summed E-state index contributed by atoms with van der Waals surface area (Å²) in [5.41, 5.74) is -0.0208. The molecule has 2 rings (SSSR count). The van der Waals surface area contributed by atoms with Crippen molar-refractivity contribution in [2.24, 2.45) is 0 Å². The number of hydrogen-bond donors (Lipinski definition) is 1. The maximum absolute atomic E-state index is 10.8. The van der Waals surface area contributed by atoms with Crippen LogP contribution in [-0.4, -0.2) is 22.2 Å². The Morgan fingerprint density at radius 1 is 1.35 bits per heavy atom. The number of nitrogens with zero attached hydrogens (tertiary/aromatic N) is 1. The zero-order chi connectivity index (χ0) is 12.3. The van der Waals surface area contributed by atoms with E-state index >= 15 is 0 Å². The second kappa shape index (κ2) is 5.14. The Morgan fingerprint density at radius 3 is 2.82 bits per heavy atom. The van der Waals surface area contributed by atoms with E-state index in [0.717, 1.165) is 19.3 Å². The van der Waals surface area contributed by atoms with Crippen molar-refractivity contribution in [3.63, 3.8) is 0 Å². The van der Waals surface area contributed by atoms with Crippen molar-refractivity contribution in [3.05, 3.63) is 34.4 Å². The van der Waals surface area contributed by atoms with Gasteiger partial charge in [-0.1, -0.05) is 12.1 Å². The van der Waals surface area contributed by atoms with Gasteiger partial charge < -0.3 is 9.84 Å². The van der Waals surface area contributed by atoms with Crippen molar-refractivity contribution in [3.8, 4) is 5.75 Å². The molecule has 1 aliphatic rings. The van der Waals surface area contributed by atoms with Crippen molar-refractivity contribution < 1.29 is 14.8 Å². The highest BCUT2D eigenvalue weighted by molar-refractivity contribution is 5.45. The smallest absolute Gasteiger partial charge is 0.310 e.